The van der Waals surface area contributed by atoms with Crippen LogP contribution in [0.4, 0.5) is 24.9 Å². The Balaban J connectivity index is 1.35. The molecule has 5 heterocycles. The lowest BCUT2D eigenvalue weighted by atomic mass is 9.96. The Hall–Kier alpha value is -3.04. The molecule has 2 unspecified atom stereocenters. The number of alkyl halides is 3. The Kier molecular flexibility index (Phi) is 8.14. The number of ether oxygens (including phenoxy) is 2. The van der Waals surface area contributed by atoms with Crippen LogP contribution in [0.5, 0.6) is 0 Å². The highest BCUT2D eigenvalue weighted by molar-refractivity contribution is 7.18. The van der Waals surface area contributed by atoms with Gasteiger partial charge in [-0.05, 0) is 18.9 Å². The van der Waals surface area contributed by atoms with Gasteiger partial charge in [0.25, 0.3) is 0 Å². The largest absolute Gasteiger partial charge is 0.451 e. The summed E-state index contributed by atoms with van der Waals surface area (Å²) in [5, 5.41) is 18.1. The normalized spacial score (nSPS) is 18.7. The Morgan fingerprint density at radius 3 is 2.66 bits per heavy atom. The Bertz CT molecular complexity index is 1400. The van der Waals surface area contributed by atoms with Crippen molar-refractivity contribution < 1.29 is 32.5 Å². The molecule has 3 aromatic heterocycles. The maximum Gasteiger partial charge on any atom is 0.451 e. The van der Waals surface area contributed by atoms with E-state index in [9.17, 15) is 23.1 Å². The molecule has 2 aliphatic rings. The van der Waals surface area contributed by atoms with Crippen molar-refractivity contribution in [2.24, 2.45) is 11.3 Å². The zero-order valence-corrected chi connectivity index (χ0v) is 24.3. The summed E-state index contributed by atoms with van der Waals surface area (Å²) in [6.45, 7) is 8.58. The van der Waals surface area contributed by atoms with E-state index in [0.29, 0.717) is 37.8 Å². The molecule has 1 fully saturated rings. The van der Waals surface area contributed by atoms with Crippen LogP contribution >= 0.6 is 11.3 Å². The first-order valence-electron chi connectivity index (χ1n) is 13.6. The van der Waals surface area contributed by atoms with Gasteiger partial charge in [0.15, 0.2) is 18.9 Å². The summed E-state index contributed by atoms with van der Waals surface area (Å²) in [5.41, 5.74) is -0.506. The summed E-state index contributed by atoms with van der Waals surface area (Å²) in [6.07, 6.45) is -3.27. The molecular formula is C26H34F3N7O4S. The smallest absolute Gasteiger partial charge is 0.438 e. The maximum atomic E-state index is 13.4. The number of rotatable bonds is 8. The molecule has 3 aromatic rings. The molecule has 224 valence electrons. The molecule has 0 aromatic carbocycles. The monoisotopic (exact) mass is 597 g/mol. The standard InChI is InChI=1S/C26H34F3N7O4S/c1-5-6-16-11-17-19(34-9-10-36-18(13-34)32-33-22(36)26(27,28)29)30-24(31-20(17)41-16)35-8-7-15(12-35)21(37)39-14-40-23(38)25(2,3)4/h11,15,23,38H,5-10,12-14H2,1-4H3. The second-order valence-electron chi connectivity index (χ2n) is 11.4. The number of aliphatic hydroxyl groups is 1. The van der Waals surface area contributed by atoms with Gasteiger partial charge in [-0.2, -0.15) is 18.2 Å². The lowest BCUT2D eigenvalue weighted by Crippen LogP contribution is -2.36. The first-order valence-corrected chi connectivity index (χ1v) is 14.4. The predicted octanol–water partition coefficient (Wildman–Crippen LogP) is 3.98. The van der Waals surface area contributed by atoms with E-state index in [1.165, 1.54) is 0 Å². The molecule has 0 spiro atoms. The highest BCUT2D eigenvalue weighted by atomic mass is 32.1. The summed E-state index contributed by atoms with van der Waals surface area (Å²) in [5.74, 6) is -0.524. The number of fused-ring (bicyclic) bond motifs is 2. The minimum Gasteiger partial charge on any atom is -0.438 e. The molecule has 5 rings (SSSR count). The highest BCUT2D eigenvalue weighted by Gasteiger charge is 2.40. The van der Waals surface area contributed by atoms with Crippen molar-refractivity contribution in [3.05, 3.63) is 22.6 Å². The number of halogens is 3. The summed E-state index contributed by atoms with van der Waals surface area (Å²) in [4.78, 5) is 28.2. The van der Waals surface area contributed by atoms with Crippen LogP contribution in [0.25, 0.3) is 10.2 Å². The molecule has 0 radical (unpaired) electrons. The van der Waals surface area contributed by atoms with Crippen molar-refractivity contribution in [1.82, 2.24) is 24.7 Å². The second kappa shape index (κ2) is 11.3. The number of aryl methyl sites for hydroxylation is 1. The lowest BCUT2D eigenvalue weighted by Gasteiger charge is -2.30. The van der Waals surface area contributed by atoms with Crippen molar-refractivity contribution in [3.8, 4) is 0 Å². The second-order valence-corrected chi connectivity index (χ2v) is 12.6. The predicted molar refractivity (Wildman–Crippen MR) is 145 cm³/mol. The van der Waals surface area contributed by atoms with Gasteiger partial charge in [0.1, 0.15) is 10.6 Å². The first kappa shape index (κ1) is 29.5. The fraction of sp³-hybridized carbons (Fsp3) is 0.654. The summed E-state index contributed by atoms with van der Waals surface area (Å²) in [7, 11) is 0. The van der Waals surface area contributed by atoms with Crippen molar-refractivity contribution in [1.29, 1.82) is 0 Å². The Morgan fingerprint density at radius 2 is 1.95 bits per heavy atom. The molecule has 2 atom stereocenters. The van der Waals surface area contributed by atoms with Gasteiger partial charge in [-0.1, -0.05) is 34.1 Å². The molecule has 0 aliphatic carbocycles. The van der Waals surface area contributed by atoms with Crippen LogP contribution in [0.2, 0.25) is 0 Å². The molecule has 15 heteroatoms. The number of thiophene rings is 1. The van der Waals surface area contributed by atoms with Gasteiger partial charge in [0.05, 0.1) is 17.8 Å². The number of esters is 1. The quantitative estimate of drug-likeness (QED) is 0.302. The van der Waals surface area contributed by atoms with Crippen molar-refractivity contribution >= 4 is 39.3 Å². The minimum atomic E-state index is -4.57. The van der Waals surface area contributed by atoms with Crippen LogP contribution in [0.3, 0.4) is 0 Å². The number of anilines is 2. The fourth-order valence-electron chi connectivity index (χ4n) is 4.90. The third-order valence-electron chi connectivity index (χ3n) is 7.19. The van der Waals surface area contributed by atoms with E-state index in [0.717, 1.165) is 32.5 Å². The SMILES string of the molecule is CCCc1cc2c(N3CCn4c(nnc4C(F)(F)F)C3)nc(N3CCC(C(=O)OCOC(O)C(C)(C)C)C3)nc2s1. The number of carbonyl (C=O) groups excluding carboxylic acids is 1. The van der Waals surface area contributed by atoms with Gasteiger partial charge in [-0.3, -0.25) is 4.79 Å². The van der Waals surface area contributed by atoms with Gasteiger partial charge < -0.3 is 28.9 Å². The highest BCUT2D eigenvalue weighted by Crippen LogP contribution is 2.37. The van der Waals surface area contributed by atoms with Gasteiger partial charge in [-0.15, -0.1) is 21.5 Å². The van der Waals surface area contributed by atoms with Crippen LogP contribution in [0, 0.1) is 11.3 Å². The van der Waals surface area contributed by atoms with Crippen molar-refractivity contribution in [2.45, 2.75) is 72.5 Å². The summed E-state index contributed by atoms with van der Waals surface area (Å²) in [6, 6.07) is 2.05. The molecular weight excluding hydrogens is 563 g/mol. The molecule has 11 nitrogen and oxygen atoms in total. The number of hydrogen-bond acceptors (Lipinski definition) is 11. The van der Waals surface area contributed by atoms with E-state index in [1.807, 2.05) is 30.6 Å². The number of carbonyl (C=O) groups is 1. The molecule has 1 N–H and O–H groups in total. The number of aliphatic hydroxyl groups excluding tert-OH is 1. The molecule has 1 saturated heterocycles. The first-order chi connectivity index (χ1) is 19.3. The van der Waals surface area contributed by atoms with Crippen LogP contribution in [0.15, 0.2) is 6.07 Å². The van der Waals surface area contributed by atoms with E-state index in [-0.39, 0.29) is 25.7 Å². The van der Waals surface area contributed by atoms with Crippen LogP contribution in [-0.2, 0) is 40.0 Å². The number of aromatic nitrogens is 5. The van der Waals surface area contributed by atoms with E-state index >= 15 is 0 Å². The van der Waals surface area contributed by atoms with E-state index in [4.69, 9.17) is 19.4 Å². The van der Waals surface area contributed by atoms with Gasteiger partial charge in [0, 0.05) is 36.5 Å². The number of hydrogen-bond donors (Lipinski definition) is 1. The molecule has 2 aliphatic heterocycles. The fourth-order valence-corrected chi connectivity index (χ4v) is 6.02. The van der Waals surface area contributed by atoms with E-state index in [2.05, 4.69) is 23.2 Å². The minimum absolute atomic E-state index is 0.0770. The van der Waals surface area contributed by atoms with Crippen molar-refractivity contribution in [3.63, 3.8) is 0 Å². The van der Waals surface area contributed by atoms with E-state index in [1.54, 1.807) is 11.3 Å². The molecule has 41 heavy (non-hydrogen) atoms. The van der Waals surface area contributed by atoms with Gasteiger partial charge in [0.2, 0.25) is 11.8 Å². The third-order valence-corrected chi connectivity index (χ3v) is 8.28. The third kappa shape index (κ3) is 6.26. The van der Waals surface area contributed by atoms with Crippen LogP contribution < -0.4 is 9.80 Å². The molecule has 0 saturated carbocycles. The average Bonchev–Trinajstić information content (AvgIpc) is 3.64. The number of nitrogens with zero attached hydrogens (tertiary/aromatic N) is 7. The average molecular weight is 598 g/mol. The Labute approximate surface area is 239 Å². The van der Waals surface area contributed by atoms with Gasteiger partial charge >= 0.3 is 12.1 Å². The summed E-state index contributed by atoms with van der Waals surface area (Å²) < 4.78 is 51.7. The molecule has 0 bridgehead atoms. The zero-order valence-electron chi connectivity index (χ0n) is 23.4. The Morgan fingerprint density at radius 1 is 1.17 bits per heavy atom. The van der Waals surface area contributed by atoms with E-state index < -0.39 is 35.6 Å². The topological polar surface area (TPSA) is 119 Å². The summed E-state index contributed by atoms with van der Waals surface area (Å²) >= 11 is 1.57. The van der Waals surface area contributed by atoms with Crippen LogP contribution in [0.1, 0.15) is 57.1 Å². The zero-order chi connectivity index (χ0) is 29.5. The molecule has 0 amide bonds. The van der Waals surface area contributed by atoms with Crippen molar-refractivity contribution in [2.75, 3.05) is 36.2 Å². The maximum absolute atomic E-state index is 13.4. The lowest BCUT2D eigenvalue weighted by molar-refractivity contribution is -0.213. The van der Waals surface area contributed by atoms with Gasteiger partial charge in [-0.25, -0.2) is 4.98 Å². The van der Waals surface area contributed by atoms with Crippen LogP contribution in [-0.4, -0.2) is 68.5 Å².